The van der Waals surface area contributed by atoms with Crippen LogP contribution < -0.4 is 14.5 Å². The number of methoxy groups -OCH3 is 1. The Bertz CT molecular complexity index is 1370. The molecule has 2 amide bonds. The summed E-state index contributed by atoms with van der Waals surface area (Å²) >= 11 is 0. The summed E-state index contributed by atoms with van der Waals surface area (Å²) in [6.45, 7) is 1.60. The number of ether oxygens (including phenoxy) is 1. The summed E-state index contributed by atoms with van der Waals surface area (Å²) in [5, 5.41) is 0. The second-order valence-corrected chi connectivity index (χ2v) is 8.87. The van der Waals surface area contributed by atoms with Gasteiger partial charge in [-0.25, -0.2) is 0 Å². The predicted octanol–water partition coefficient (Wildman–Crippen LogP) is 6.58. The molecular weight excluding hydrogens is 448 g/mol. The van der Waals surface area contributed by atoms with E-state index >= 15 is 0 Å². The first-order chi connectivity index (χ1) is 17.6. The van der Waals surface area contributed by atoms with Crippen molar-refractivity contribution in [3.63, 3.8) is 0 Å². The van der Waals surface area contributed by atoms with Crippen LogP contribution in [0.2, 0.25) is 0 Å². The zero-order chi connectivity index (χ0) is 25.1. The molecule has 0 bridgehead atoms. The summed E-state index contributed by atoms with van der Waals surface area (Å²) < 4.78 is 5.38. The molecule has 0 fully saturated rings. The Balaban J connectivity index is 1.68. The lowest BCUT2D eigenvalue weighted by Crippen LogP contribution is -2.44. The lowest BCUT2D eigenvalue weighted by Gasteiger charge is -2.44. The molecule has 0 aromatic heterocycles. The van der Waals surface area contributed by atoms with Crippen LogP contribution in [0, 0.1) is 0 Å². The smallest absolute Gasteiger partial charge is 0.258 e. The number of benzene rings is 4. The third-order valence-electron chi connectivity index (χ3n) is 6.72. The average Bonchev–Trinajstić information content (AvgIpc) is 2.93. The third kappa shape index (κ3) is 4.36. The van der Waals surface area contributed by atoms with Crippen LogP contribution >= 0.6 is 0 Å². The number of hydrogen-bond acceptors (Lipinski definition) is 3. The monoisotopic (exact) mass is 476 g/mol. The molecule has 0 spiro atoms. The largest absolute Gasteiger partial charge is 0.497 e. The molecule has 1 unspecified atom stereocenters. The molecule has 1 aliphatic heterocycles. The van der Waals surface area contributed by atoms with Gasteiger partial charge in [-0.3, -0.25) is 9.59 Å². The predicted molar refractivity (Wildman–Crippen MR) is 142 cm³/mol. The highest BCUT2D eigenvalue weighted by Crippen LogP contribution is 2.48. The number of amides is 2. The maximum atomic E-state index is 14.1. The van der Waals surface area contributed by atoms with Gasteiger partial charge >= 0.3 is 0 Å². The van der Waals surface area contributed by atoms with Gasteiger partial charge in [0.1, 0.15) is 5.75 Å². The van der Waals surface area contributed by atoms with Gasteiger partial charge in [0.25, 0.3) is 5.91 Å². The molecular formula is C31H28N2O3. The molecule has 1 aliphatic rings. The van der Waals surface area contributed by atoms with Crippen LogP contribution in [0.3, 0.4) is 0 Å². The minimum atomic E-state index is -0.268. The lowest BCUT2D eigenvalue weighted by molar-refractivity contribution is -0.117. The molecule has 4 aromatic carbocycles. The Morgan fingerprint density at radius 3 is 2.19 bits per heavy atom. The van der Waals surface area contributed by atoms with Crippen LogP contribution in [0.25, 0.3) is 0 Å². The summed E-state index contributed by atoms with van der Waals surface area (Å²) in [6.07, 6.45) is 0.561. The topological polar surface area (TPSA) is 49.9 Å². The van der Waals surface area contributed by atoms with Crippen LogP contribution in [0.15, 0.2) is 109 Å². The molecule has 5 rings (SSSR count). The molecule has 0 saturated carbocycles. The van der Waals surface area contributed by atoms with Crippen molar-refractivity contribution in [2.24, 2.45) is 0 Å². The van der Waals surface area contributed by atoms with Crippen molar-refractivity contribution in [2.75, 3.05) is 16.9 Å². The number of rotatable bonds is 5. The zero-order valence-electron chi connectivity index (χ0n) is 20.4. The van der Waals surface area contributed by atoms with E-state index < -0.39 is 0 Å². The van der Waals surface area contributed by atoms with E-state index in [9.17, 15) is 9.59 Å². The normalized spacial score (nSPS) is 16.7. The number of fused-ring (bicyclic) bond motifs is 1. The van der Waals surface area contributed by atoms with Crippen LogP contribution in [0.1, 0.15) is 46.9 Å². The Kier molecular flexibility index (Phi) is 6.54. The molecule has 36 heavy (non-hydrogen) atoms. The standard InChI is InChI=1S/C31H28N2O3/c1-22(34)32(25-15-7-4-8-16-25)30-21-29(23-12-5-3-6-13-23)33(28-19-10-9-18-27(28)30)31(35)24-14-11-17-26(20-24)36-2/h3-20,29-30H,21H2,1-2H3/t29?,30-/m0/s1. The highest BCUT2D eigenvalue weighted by atomic mass is 16.5. The van der Waals surface area contributed by atoms with Crippen LogP contribution in [0.5, 0.6) is 5.75 Å². The summed E-state index contributed by atoms with van der Waals surface area (Å²) in [5.74, 6) is 0.482. The number of hydrogen-bond donors (Lipinski definition) is 0. The molecule has 0 N–H and O–H groups in total. The van der Waals surface area contributed by atoms with Crippen molar-refractivity contribution in [2.45, 2.75) is 25.4 Å². The van der Waals surface area contributed by atoms with Gasteiger partial charge in [0.2, 0.25) is 5.91 Å². The highest BCUT2D eigenvalue weighted by molar-refractivity contribution is 6.08. The maximum absolute atomic E-state index is 14.1. The molecule has 180 valence electrons. The molecule has 0 aliphatic carbocycles. The molecule has 0 saturated heterocycles. The van der Waals surface area contributed by atoms with Gasteiger partial charge in [0.05, 0.1) is 19.2 Å². The Labute approximate surface area is 211 Å². The first kappa shape index (κ1) is 23.4. The molecule has 1 heterocycles. The quantitative estimate of drug-likeness (QED) is 0.327. The highest BCUT2D eigenvalue weighted by Gasteiger charge is 2.40. The number of nitrogens with zero attached hydrogens (tertiary/aromatic N) is 2. The van der Waals surface area contributed by atoms with Gasteiger partial charge in [-0.2, -0.15) is 0 Å². The van der Waals surface area contributed by atoms with Crippen molar-refractivity contribution >= 4 is 23.2 Å². The minimum absolute atomic E-state index is 0.0413. The van der Waals surface area contributed by atoms with E-state index in [-0.39, 0.29) is 23.9 Å². The molecule has 4 aromatic rings. The SMILES string of the molecule is COc1cccc(C(=O)N2c3ccccc3[C@@H](N(C(C)=O)c3ccccc3)CC2c2ccccc2)c1. The molecule has 5 heteroatoms. The van der Waals surface area contributed by atoms with E-state index in [2.05, 4.69) is 0 Å². The lowest BCUT2D eigenvalue weighted by atomic mass is 9.85. The number of para-hydroxylation sites is 2. The first-order valence-electron chi connectivity index (χ1n) is 12.0. The number of anilines is 2. The molecule has 5 nitrogen and oxygen atoms in total. The van der Waals surface area contributed by atoms with Crippen molar-refractivity contribution < 1.29 is 14.3 Å². The maximum Gasteiger partial charge on any atom is 0.258 e. The average molecular weight is 477 g/mol. The number of carbonyl (C=O) groups excluding carboxylic acids is 2. The van der Waals surface area contributed by atoms with Crippen LogP contribution in [-0.2, 0) is 4.79 Å². The van der Waals surface area contributed by atoms with Crippen LogP contribution in [0.4, 0.5) is 11.4 Å². The van der Waals surface area contributed by atoms with E-state index in [0.29, 0.717) is 17.7 Å². The number of carbonyl (C=O) groups is 2. The fourth-order valence-corrected chi connectivity index (χ4v) is 5.12. The van der Waals surface area contributed by atoms with Crippen molar-refractivity contribution in [3.05, 3.63) is 126 Å². The summed E-state index contributed by atoms with van der Waals surface area (Å²) in [7, 11) is 1.59. The van der Waals surface area contributed by atoms with Crippen LogP contribution in [-0.4, -0.2) is 18.9 Å². The fraction of sp³-hybridized carbons (Fsp3) is 0.161. The van der Waals surface area contributed by atoms with Gasteiger partial charge in [0, 0.05) is 23.9 Å². The van der Waals surface area contributed by atoms with Gasteiger partial charge in [-0.15, -0.1) is 0 Å². The zero-order valence-corrected chi connectivity index (χ0v) is 20.4. The summed E-state index contributed by atoms with van der Waals surface area (Å²) in [4.78, 5) is 30.8. The van der Waals surface area contributed by atoms with Gasteiger partial charge in [0.15, 0.2) is 0 Å². The second kappa shape index (κ2) is 10.1. The minimum Gasteiger partial charge on any atom is -0.497 e. The Morgan fingerprint density at radius 1 is 0.833 bits per heavy atom. The van der Waals surface area contributed by atoms with Crippen molar-refractivity contribution in [1.29, 1.82) is 0 Å². The van der Waals surface area contributed by atoms with E-state index in [1.165, 1.54) is 0 Å². The third-order valence-corrected chi connectivity index (χ3v) is 6.72. The first-order valence-corrected chi connectivity index (χ1v) is 12.0. The van der Waals surface area contributed by atoms with Gasteiger partial charge in [-0.05, 0) is 53.9 Å². The second-order valence-electron chi connectivity index (χ2n) is 8.87. The van der Waals surface area contributed by atoms with Gasteiger partial charge < -0.3 is 14.5 Å². The van der Waals surface area contributed by atoms with Gasteiger partial charge in [-0.1, -0.05) is 72.8 Å². The molecule has 2 atom stereocenters. The summed E-state index contributed by atoms with van der Waals surface area (Å²) in [5.41, 5.74) is 4.15. The van der Waals surface area contributed by atoms with E-state index in [1.807, 2.05) is 113 Å². The van der Waals surface area contributed by atoms with Crippen molar-refractivity contribution in [1.82, 2.24) is 0 Å². The molecule has 0 radical (unpaired) electrons. The Morgan fingerprint density at radius 2 is 1.50 bits per heavy atom. The van der Waals surface area contributed by atoms with E-state index in [0.717, 1.165) is 22.5 Å². The summed E-state index contributed by atoms with van der Waals surface area (Å²) in [6, 6.07) is 34.4. The van der Waals surface area contributed by atoms with E-state index in [4.69, 9.17) is 4.74 Å². The van der Waals surface area contributed by atoms with E-state index in [1.54, 1.807) is 20.1 Å². The Hall–Kier alpha value is -4.38. The van der Waals surface area contributed by atoms with Crippen molar-refractivity contribution in [3.8, 4) is 5.75 Å². The fourth-order valence-electron chi connectivity index (χ4n) is 5.12.